The van der Waals surface area contributed by atoms with Crippen LogP contribution in [0.4, 0.5) is 10.7 Å². The van der Waals surface area contributed by atoms with Crippen molar-refractivity contribution in [3.63, 3.8) is 0 Å². The van der Waals surface area contributed by atoms with E-state index in [4.69, 9.17) is 5.73 Å². The van der Waals surface area contributed by atoms with E-state index in [1.807, 2.05) is 13.0 Å². The molecule has 0 fully saturated rings. The first-order valence-corrected chi connectivity index (χ1v) is 7.38. The summed E-state index contributed by atoms with van der Waals surface area (Å²) in [6, 6.07) is 1.91. The Morgan fingerprint density at radius 1 is 1.44 bits per heavy atom. The average molecular weight is 269 g/mol. The zero-order valence-corrected chi connectivity index (χ0v) is 12.3. The van der Waals surface area contributed by atoms with Crippen LogP contribution in [0.2, 0.25) is 0 Å². The Bertz CT molecular complexity index is 390. The number of nitrogen functional groups attached to an aromatic ring is 1. The van der Waals surface area contributed by atoms with E-state index in [-0.39, 0.29) is 5.91 Å². The maximum absolute atomic E-state index is 11.8. The highest BCUT2D eigenvalue weighted by Crippen LogP contribution is 2.32. The average Bonchev–Trinajstić information content (AvgIpc) is 2.73. The molecule has 0 aliphatic heterocycles. The zero-order valence-electron chi connectivity index (χ0n) is 11.5. The van der Waals surface area contributed by atoms with Crippen LogP contribution in [0.1, 0.15) is 43.3 Å². The Labute approximate surface area is 113 Å². The number of nitrogens with two attached hydrogens (primary N) is 1. The number of rotatable bonds is 7. The third-order valence-corrected chi connectivity index (χ3v) is 3.98. The Hall–Kier alpha value is -1.23. The van der Waals surface area contributed by atoms with Gasteiger partial charge in [0.25, 0.3) is 5.91 Å². The lowest BCUT2D eigenvalue weighted by molar-refractivity contribution is 0.0960. The van der Waals surface area contributed by atoms with Gasteiger partial charge in [-0.25, -0.2) is 0 Å². The fourth-order valence-electron chi connectivity index (χ4n) is 1.74. The van der Waals surface area contributed by atoms with Gasteiger partial charge in [-0.05, 0) is 26.3 Å². The molecule has 18 heavy (non-hydrogen) atoms. The molecule has 1 rings (SSSR count). The number of nitrogens with zero attached hydrogens (tertiary/aromatic N) is 1. The molecule has 0 atom stereocenters. The Morgan fingerprint density at radius 2 is 2.17 bits per heavy atom. The minimum absolute atomic E-state index is 0.0715. The second kappa shape index (κ2) is 7.26. The van der Waals surface area contributed by atoms with Crippen LogP contribution < -0.4 is 16.0 Å². The van der Waals surface area contributed by atoms with E-state index in [0.29, 0.717) is 17.1 Å². The van der Waals surface area contributed by atoms with Gasteiger partial charge in [-0.3, -0.25) is 4.79 Å². The van der Waals surface area contributed by atoms with Crippen molar-refractivity contribution >= 4 is 27.9 Å². The summed E-state index contributed by atoms with van der Waals surface area (Å²) in [6.07, 6.45) is 2.32. The minimum Gasteiger partial charge on any atom is -0.397 e. The molecule has 0 aliphatic carbocycles. The van der Waals surface area contributed by atoms with E-state index in [2.05, 4.69) is 24.1 Å². The number of unbranched alkanes of at least 4 members (excludes halogenated alkanes) is 1. The summed E-state index contributed by atoms with van der Waals surface area (Å²) < 4.78 is 0. The van der Waals surface area contributed by atoms with Crippen molar-refractivity contribution in [2.45, 2.75) is 33.6 Å². The number of carbonyl (C=O) groups is 1. The lowest BCUT2D eigenvalue weighted by atomic mass is 10.3. The number of amides is 1. The van der Waals surface area contributed by atoms with Gasteiger partial charge in [0, 0.05) is 19.6 Å². The van der Waals surface area contributed by atoms with Gasteiger partial charge >= 0.3 is 0 Å². The third-order valence-electron chi connectivity index (χ3n) is 2.77. The largest absolute Gasteiger partial charge is 0.397 e. The molecular formula is C13H23N3OS. The van der Waals surface area contributed by atoms with Gasteiger partial charge < -0.3 is 16.0 Å². The standard InChI is InChI=1S/C13H23N3OS/c1-4-7-8-16(6-3)11-9-10(14)12(18-11)13(17)15-5-2/h9H,4-8,14H2,1-3H3,(H,15,17). The second-order valence-electron chi connectivity index (χ2n) is 4.16. The molecule has 1 aromatic heterocycles. The van der Waals surface area contributed by atoms with Crippen LogP contribution in [0.3, 0.4) is 0 Å². The molecule has 0 radical (unpaired) electrons. The van der Waals surface area contributed by atoms with Crippen molar-refractivity contribution in [1.29, 1.82) is 0 Å². The van der Waals surface area contributed by atoms with E-state index in [1.165, 1.54) is 17.8 Å². The first-order valence-electron chi connectivity index (χ1n) is 6.56. The number of hydrogen-bond acceptors (Lipinski definition) is 4. The Morgan fingerprint density at radius 3 is 2.72 bits per heavy atom. The number of nitrogens with one attached hydrogen (secondary N) is 1. The smallest absolute Gasteiger partial charge is 0.263 e. The lowest BCUT2D eigenvalue weighted by Crippen LogP contribution is -2.23. The van der Waals surface area contributed by atoms with Gasteiger partial charge in [-0.15, -0.1) is 11.3 Å². The topological polar surface area (TPSA) is 58.4 Å². The van der Waals surface area contributed by atoms with Crippen molar-refractivity contribution in [1.82, 2.24) is 5.32 Å². The predicted octanol–water partition coefficient (Wildman–Crippen LogP) is 2.71. The van der Waals surface area contributed by atoms with Gasteiger partial charge in [0.15, 0.2) is 0 Å². The molecule has 0 aliphatic rings. The number of hydrogen-bond donors (Lipinski definition) is 2. The first-order chi connectivity index (χ1) is 8.63. The van der Waals surface area contributed by atoms with Gasteiger partial charge in [0.1, 0.15) is 4.88 Å². The normalized spacial score (nSPS) is 10.4. The van der Waals surface area contributed by atoms with E-state index < -0.39 is 0 Å². The predicted molar refractivity (Wildman–Crippen MR) is 79.5 cm³/mol. The van der Waals surface area contributed by atoms with Gasteiger partial charge in [-0.2, -0.15) is 0 Å². The lowest BCUT2D eigenvalue weighted by Gasteiger charge is -2.20. The van der Waals surface area contributed by atoms with E-state index in [1.54, 1.807) is 0 Å². The van der Waals surface area contributed by atoms with Crippen LogP contribution in [0.15, 0.2) is 6.07 Å². The fourth-order valence-corrected chi connectivity index (χ4v) is 2.82. The molecule has 102 valence electrons. The monoisotopic (exact) mass is 269 g/mol. The van der Waals surface area contributed by atoms with Gasteiger partial charge in [0.2, 0.25) is 0 Å². The molecule has 0 saturated heterocycles. The maximum atomic E-state index is 11.8. The molecule has 3 N–H and O–H groups in total. The van der Waals surface area contributed by atoms with Gasteiger partial charge in [0.05, 0.1) is 10.7 Å². The molecule has 1 aromatic rings. The summed E-state index contributed by atoms with van der Waals surface area (Å²) in [4.78, 5) is 14.7. The van der Waals surface area contributed by atoms with Crippen molar-refractivity contribution in [3.05, 3.63) is 10.9 Å². The Balaban J connectivity index is 2.84. The maximum Gasteiger partial charge on any atom is 0.263 e. The summed E-state index contributed by atoms with van der Waals surface area (Å²) >= 11 is 1.48. The minimum atomic E-state index is -0.0715. The van der Waals surface area contributed by atoms with Crippen LogP contribution in [-0.4, -0.2) is 25.5 Å². The summed E-state index contributed by atoms with van der Waals surface area (Å²) in [5.41, 5.74) is 6.50. The van der Waals surface area contributed by atoms with E-state index in [9.17, 15) is 4.79 Å². The van der Waals surface area contributed by atoms with Crippen molar-refractivity contribution < 1.29 is 4.79 Å². The second-order valence-corrected chi connectivity index (χ2v) is 5.19. The zero-order chi connectivity index (χ0) is 13.5. The summed E-state index contributed by atoms with van der Waals surface area (Å²) in [6.45, 7) is 8.78. The molecule has 4 nitrogen and oxygen atoms in total. The van der Waals surface area contributed by atoms with Crippen LogP contribution >= 0.6 is 11.3 Å². The first kappa shape index (κ1) is 14.8. The summed E-state index contributed by atoms with van der Waals surface area (Å²) in [5.74, 6) is -0.0715. The molecule has 0 bridgehead atoms. The number of carbonyl (C=O) groups excluding carboxylic acids is 1. The van der Waals surface area contributed by atoms with E-state index in [0.717, 1.165) is 24.5 Å². The van der Waals surface area contributed by atoms with Crippen LogP contribution in [-0.2, 0) is 0 Å². The quantitative estimate of drug-likeness (QED) is 0.800. The highest BCUT2D eigenvalue weighted by Gasteiger charge is 2.16. The summed E-state index contributed by atoms with van der Waals surface area (Å²) in [5, 5.41) is 3.88. The van der Waals surface area contributed by atoms with Crippen molar-refractivity contribution in [2.75, 3.05) is 30.3 Å². The number of thiophene rings is 1. The molecule has 0 aromatic carbocycles. The summed E-state index contributed by atoms with van der Waals surface area (Å²) in [7, 11) is 0. The molecule has 1 amide bonds. The molecule has 5 heteroatoms. The van der Waals surface area contributed by atoms with Crippen LogP contribution in [0.25, 0.3) is 0 Å². The SMILES string of the molecule is CCCCN(CC)c1cc(N)c(C(=O)NCC)s1. The van der Waals surface area contributed by atoms with Crippen molar-refractivity contribution in [3.8, 4) is 0 Å². The van der Waals surface area contributed by atoms with Gasteiger partial charge in [-0.1, -0.05) is 13.3 Å². The molecular weight excluding hydrogens is 246 g/mol. The Kier molecular flexibility index (Phi) is 5.98. The number of anilines is 2. The third kappa shape index (κ3) is 3.63. The molecule has 0 spiro atoms. The van der Waals surface area contributed by atoms with Crippen molar-refractivity contribution in [2.24, 2.45) is 0 Å². The van der Waals surface area contributed by atoms with Crippen LogP contribution in [0, 0.1) is 0 Å². The molecule has 1 heterocycles. The molecule has 0 unspecified atom stereocenters. The fraction of sp³-hybridized carbons (Fsp3) is 0.615. The van der Waals surface area contributed by atoms with Crippen LogP contribution in [0.5, 0.6) is 0 Å². The van der Waals surface area contributed by atoms with E-state index >= 15 is 0 Å². The highest BCUT2D eigenvalue weighted by molar-refractivity contribution is 7.18. The highest BCUT2D eigenvalue weighted by atomic mass is 32.1. The molecule has 0 saturated carbocycles.